The van der Waals surface area contributed by atoms with Gasteiger partial charge in [-0.2, -0.15) is 0 Å². The molecule has 2 unspecified atom stereocenters. The Morgan fingerprint density at radius 3 is 1.85 bits per heavy atom. The SMILES string of the molecule is CCOC(=O)C1=C(C)NC(=O)NC1c1ccc(OC)c(Br)c1.CCOc1cc(C2NC(=O)NC(C)=C2C(=O)OC(C)(C)C)cc(Br)c1O. The third kappa shape index (κ3) is 9.43. The number of phenols is 1. The molecule has 0 aliphatic carbocycles. The Hall–Kier alpha value is -4.24. The molecule has 5 N–H and O–H groups in total. The number of ether oxygens (including phenoxy) is 4. The number of hydrogen-bond acceptors (Lipinski definition) is 9. The first-order chi connectivity index (χ1) is 22.5. The standard InChI is InChI=1S/C18H23BrN2O5.C15H17BrN2O4/c1-6-25-12-8-10(7-11(19)15(12)22)14-13(9(2)20-17(24)21-14)16(23)26-18(3,4)5;1-4-22-14(19)12-8(2)17-15(20)18-13(12)9-5-6-11(21-3)10(16)7-9/h7-8,14,22H,6H2,1-5H3,(H2,20,21,24);5-7,13H,4H2,1-3H3,(H2,17,18,20). The average molecular weight is 797 g/mol. The van der Waals surface area contributed by atoms with Gasteiger partial charge < -0.3 is 45.3 Å². The quantitative estimate of drug-likeness (QED) is 0.196. The smallest absolute Gasteiger partial charge is 0.338 e. The van der Waals surface area contributed by atoms with Crippen LogP contribution in [0.3, 0.4) is 0 Å². The number of esters is 2. The van der Waals surface area contributed by atoms with Crippen molar-refractivity contribution in [3.63, 3.8) is 0 Å². The van der Waals surface area contributed by atoms with Crippen molar-refractivity contribution >= 4 is 55.9 Å². The second-order valence-electron chi connectivity index (χ2n) is 11.5. The molecule has 2 heterocycles. The summed E-state index contributed by atoms with van der Waals surface area (Å²) in [5.74, 6) is -0.109. The van der Waals surface area contributed by atoms with E-state index in [0.29, 0.717) is 44.9 Å². The van der Waals surface area contributed by atoms with Gasteiger partial charge in [0.15, 0.2) is 11.5 Å². The number of allylic oxidation sites excluding steroid dienone is 2. The Labute approximate surface area is 296 Å². The number of amides is 4. The molecule has 0 radical (unpaired) electrons. The number of rotatable bonds is 8. The molecule has 4 rings (SSSR count). The number of phenolic OH excluding ortho intramolecular Hbond substituents is 1. The maximum absolute atomic E-state index is 12.7. The van der Waals surface area contributed by atoms with E-state index in [-0.39, 0.29) is 24.1 Å². The van der Waals surface area contributed by atoms with Crippen LogP contribution >= 0.6 is 31.9 Å². The second kappa shape index (κ2) is 16.2. The highest BCUT2D eigenvalue weighted by Crippen LogP contribution is 2.40. The summed E-state index contributed by atoms with van der Waals surface area (Å²) in [6.07, 6.45) is 0. The molecule has 0 saturated heterocycles. The number of aromatic hydroxyl groups is 1. The zero-order chi connectivity index (χ0) is 35.9. The van der Waals surface area contributed by atoms with Crippen molar-refractivity contribution in [1.29, 1.82) is 0 Å². The third-order valence-corrected chi connectivity index (χ3v) is 8.07. The lowest BCUT2D eigenvalue weighted by molar-refractivity contribution is -0.150. The van der Waals surface area contributed by atoms with Crippen LogP contribution in [0.2, 0.25) is 0 Å². The highest BCUT2D eigenvalue weighted by atomic mass is 79.9. The summed E-state index contributed by atoms with van der Waals surface area (Å²) < 4.78 is 22.3. The summed E-state index contributed by atoms with van der Waals surface area (Å²) >= 11 is 6.69. The van der Waals surface area contributed by atoms with E-state index < -0.39 is 35.7 Å². The summed E-state index contributed by atoms with van der Waals surface area (Å²) in [4.78, 5) is 48.6. The number of methoxy groups -OCH3 is 1. The first kappa shape index (κ1) is 38.2. The maximum atomic E-state index is 12.7. The van der Waals surface area contributed by atoms with Gasteiger partial charge in [-0.05, 0) is 116 Å². The number of halogens is 2. The van der Waals surface area contributed by atoms with E-state index in [1.807, 2.05) is 6.07 Å². The molecule has 0 aromatic heterocycles. The van der Waals surface area contributed by atoms with Crippen molar-refractivity contribution < 1.29 is 43.2 Å². The Morgan fingerprint density at radius 2 is 1.35 bits per heavy atom. The number of carbonyl (C=O) groups is 4. The van der Waals surface area contributed by atoms with Gasteiger partial charge in [0.25, 0.3) is 0 Å². The van der Waals surface area contributed by atoms with Crippen LogP contribution in [0.25, 0.3) is 0 Å². The highest BCUT2D eigenvalue weighted by Gasteiger charge is 2.35. The van der Waals surface area contributed by atoms with Crippen molar-refractivity contribution in [2.75, 3.05) is 20.3 Å². The fourth-order valence-electron chi connectivity index (χ4n) is 4.86. The molecular weight excluding hydrogens is 756 g/mol. The largest absolute Gasteiger partial charge is 0.503 e. The molecule has 0 saturated carbocycles. The van der Waals surface area contributed by atoms with Crippen molar-refractivity contribution in [3.05, 3.63) is 72.9 Å². The molecule has 2 aromatic carbocycles. The Balaban J connectivity index is 0.000000264. The van der Waals surface area contributed by atoms with Crippen LogP contribution in [0.15, 0.2) is 61.8 Å². The summed E-state index contributed by atoms with van der Waals surface area (Å²) in [6.45, 7) is 12.8. The van der Waals surface area contributed by atoms with Gasteiger partial charge in [-0.15, -0.1) is 0 Å². The minimum Gasteiger partial charge on any atom is -0.503 e. The molecule has 2 aromatic rings. The van der Waals surface area contributed by atoms with Gasteiger partial charge in [0.2, 0.25) is 0 Å². The van der Waals surface area contributed by atoms with Gasteiger partial charge in [0.1, 0.15) is 11.4 Å². The topological polar surface area (TPSA) is 174 Å². The summed E-state index contributed by atoms with van der Waals surface area (Å²) in [5, 5.41) is 20.8. The molecule has 15 heteroatoms. The third-order valence-electron chi connectivity index (χ3n) is 6.85. The van der Waals surface area contributed by atoms with Gasteiger partial charge in [-0.25, -0.2) is 19.2 Å². The van der Waals surface area contributed by atoms with Crippen LogP contribution in [-0.4, -0.2) is 55.0 Å². The van der Waals surface area contributed by atoms with Crippen LogP contribution < -0.4 is 30.7 Å². The summed E-state index contributed by atoms with van der Waals surface area (Å²) in [6, 6.07) is 6.50. The molecule has 2 aliphatic heterocycles. The van der Waals surface area contributed by atoms with E-state index in [2.05, 4.69) is 53.1 Å². The number of benzene rings is 2. The van der Waals surface area contributed by atoms with Gasteiger partial charge >= 0.3 is 24.0 Å². The normalized spacial score (nSPS) is 17.5. The number of nitrogens with one attached hydrogen (secondary N) is 4. The summed E-state index contributed by atoms with van der Waals surface area (Å²) in [7, 11) is 1.57. The van der Waals surface area contributed by atoms with Gasteiger partial charge in [0.05, 0.1) is 52.5 Å². The molecule has 0 bridgehead atoms. The van der Waals surface area contributed by atoms with Crippen LogP contribution in [0.5, 0.6) is 17.2 Å². The Bertz CT molecular complexity index is 1650. The molecule has 13 nitrogen and oxygen atoms in total. The minimum absolute atomic E-state index is 0.0459. The maximum Gasteiger partial charge on any atom is 0.338 e. The van der Waals surface area contributed by atoms with Crippen molar-refractivity contribution in [3.8, 4) is 17.2 Å². The number of urea groups is 2. The average Bonchev–Trinajstić information content (AvgIpc) is 2.98. The van der Waals surface area contributed by atoms with E-state index in [0.717, 1.165) is 10.0 Å². The first-order valence-electron chi connectivity index (χ1n) is 15.0. The van der Waals surface area contributed by atoms with Crippen molar-refractivity contribution in [2.45, 2.75) is 66.2 Å². The number of carbonyl (C=O) groups excluding carboxylic acids is 4. The van der Waals surface area contributed by atoms with E-state index in [1.54, 1.807) is 79.8 Å². The lowest BCUT2D eigenvalue weighted by Crippen LogP contribution is -2.46. The molecule has 0 spiro atoms. The molecule has 48 heavy (non-hydrogen) atoms. The lowest BCUT2D eigenvalue weighted by atomic mass is 9.95. The van der Waals surface area contributed by atoms with E-state index in [4.69, 9.17) is 18.9 Å². The second-order valence-corrected chi connectivity index (χ2v) is 13.2. The fraction of sp³-hybridized carbons (Fsp3) is 0.394. The van der Waals surface area contributed by atoms with Crippen LogP contribution in [0, 0.1) is 0 Å². The monoisotopic (exact) mass is 794 g/mol. The first-order valence-corrected chi connectivity index (χ1v) is 16.5. The molecule has 2 aliphatic rings. The van der Waals surface area contributed by atoms with Gasteiger partial charge in [0, 0.05) is 11.4 Å². The number of hydrogen-bond donors (Lipinski definition) is 5. The van der Waals surface area contributed by atoms with Gasteiger partial charge in [-0.3, -0.25) is 0 Å². The highest BCUT2D eigenvalue weighted by molar-refractivity contribution is 9.11. The molecule has 0 fully saturated rings. The van der Waals surface area contributed by atoms with Crippen LogP contribution in [0.4, 0.5) is 9.59 Å². The van der Waals surface area contributed by atoms with E-state index in [9.17, 15) is 24.3 Å². The molecule has 260 valence electrons. The summed E-state index contributed by atoms with van der Waals surface area (Å²) in [5.41, 5.74) is 2.23. The van der Waals surface area contributed by atoms with E-state index >= 15 is 0 Å². The lowest BCUT2D eigenvalue weighted by Gasteiger charge is -2.30. The van der Waals surface area contributed by atoms with Crippen molar-refractivity contribution in [2.24, 2.45) is 0 Å². The van der Waals surface area contributed by atoms with Crippen LogP contribution in [-0.2, 0) is 19.1 Å². The van der Waals surface area contributed by atoms with Crippen molar-refractivity contribution in [1.82, 2.24) is 21.3 Å². The van der Waals surface area contributed by atoms with E-state index in [1.165, 1.54) is 0 Å². The molecular formula is C33H40Br2N4O9. The molecule has 4 amide bonds. The van der Waals surface area contributed by atoms with Crippen LogP contribution in [0.1, 0.15) is 71.7 Å². The Kier molecular flexibility index (Phi) is 12.9. The predicted octanol–water partition coefficient (Wildman–Crippen LogP) is 6.17. The fourth-order valence-corrected chi connectivity index (χ4v) is 5.88. The molecule has 2 atom stereocenters. The Morgan fingerprint density at radius 1 is 0.812 bits per heavy atom. The zero-order valence-electron chi connectivity index (χ0n) is 27.9. The van der Waals surface area contributed by atoms with Gasteiger partial charge in [-0.1, -0.05) is 6.07 Å². The zero-order valence-corrected chi connectivity index (χ0v) is 31.1. The predicted molar refractivity (Wildman–Crippen MR) is 184 cm³/mol. The minimum atomic E-state index is -0.741.